The molecule has 0 aliphatic carbocycles. The third-order valence-corrected chi connectivity index (χ3v) is 4.06. The van der Waals surface area contributed by atoms with Gasteiger partial charge in [0.2, 0.25) is 10.0 Å². The zero-order valence-corrected chi connectivity index (χ0v) is 13.6. The van der Waals surface area contributed by atoms with Gasteiger partial charge in [-0.25, -0.2) is 12.8 Å². The van der Waals surface area contributed by atoms with Gasteiger partial charge in [0.15, 0.2) is 0 Å². The molecular formula is C14H14BrFN2O2S. The first-order valence-electron chi connectivity index (χ1n) is 6.09. The lowest BCUT2D eigenvalue weighted by molar-refractivity contribution is 0.607. The topological polar surface area (TPSA) is 58.2 Å². The Morgan fingerprint density at radius 3 is 2.33 bits per heavy atom. The Morgan fingerprint density at radius 2 is 1.71 bits per heavy atom. The highest BCUT2D eigenvalue weighted by atomic mass is 79.9. The van der Waals surface area contributed by atoms with Crippen molar-refractivity contribution >= 4 is 37.3 Å². The van der Waals surface area contributed by atoms with Crippen LogP contribution < -0.4 is 10.0 Å². The summed E-state index contributed by atoms with van der Waals surface area (Å²) in [5.41, 5.74) is 2.11. The molecule has 0 radical (unpaired) electrons. The molecule has 0 bridgehead atoms. The zero-order chi connectivity index (χ0) is 15.5. The lowest BCUT2D eigenvalue weighted by Gasteiger charge is -2.10. The van der Waals surface area contributed by atoms with E-state index < -0.39 is 10.0 Å². The summed E-state index contributed by atoms with van der Waals surface area (Å²) in [5.74, 6) is -0.289. The second-order valence-electron chi connectivity index (χ2n) is 4.54. The van der Waals surface area contributed by atoms with Gasteiger partial charge >= 0.3 is 0 Å². The summed E-state index contributed by atoms with van der Waals surface area (Å²) >= 11 is 3.37. The summed E-state index contributed by atoms with van der Waals surface area (Å²) in [5, 5.41) is 3.15. The maximum Gasteiger partial charge on any atom is 0.229 e. The number of anilines is 2. The minimum Gasteiger partial charge on any atom is -0.381 e. The second kappa shape index (κ2) is 6.44. The third kappa shape index (κ3) is 5.02. The molecule has 0 unspecified atom stereocenters. The molecule has 21 heavy (non-hydrogen) atoms. The molecule has 0 aromatic heterocycles. The quantitative estimate of drug-likeness (QED) is 0.843. The van der Waals surface area contributed by atoms with Crippen LogP contribution in [0.3, 0.4) is 0 Å². The lowest BCUT2D eigenvalue weighted by atomic mass is 10.2. The monoisotopic (exact) mass is 372 g/mol. The zero-order valence-electron chi connectivity index (χ0n) is 11.2. The summed E-state index contributed by atoms with van der Waals surface area (Å²) in [4.78, 5) is 0. The van der Waals surface area contributed by atoms with Crippen LogP contribution in [-0.2, 0) is 16.6 Å². The fourth-order valence-electron chi connectivity index (χ4n) is 1.75. The molecule has 0 fully saturated rings. The van der Waals surface area contributed by atoms with Crippen molar-refractivity contribution < 1.29 is 12.8 Å². The fourth-order valence-corrected chi connectivity index (χ4v) is 2.70. The normalized spacial score (nSPS) is 11.2. The van der Waals surface area contributed by atoms with Crippen molar-refractivity contribution in [2.24, 2.45) is 0 Å². The molecule has 2 rings (SSSR count). The first-order valence-corrected chi connectivity index (χ1v) is 8.77. The molecule has 4 nitrogen and oxygen atoms in total. The molecule has 0 amide bonds. The van der Waals surface area contributed by atoms with Crippen molar-refractivity contribution in [3.8, 4) is 0 Å². The smallest absolute Gasteiger partial charge is 0.229 e. The number of hydrogen-bond acceptors (Lipinski definition) is 3. The van der Waals surface area contributed by atoms with Crippen LogP contribution >= 0.6 is 15.9 Å². The van der Waals surface area contributed by atoms with Crippen molar-refractivity contribution in [2.45, 2.75) is 6.54 Å². The van der Waals surface area contributed by atoms with Crippen LogP contribution in [0, 0.1) is 5.82 Å². The molecule has 7 heteroatoms. The van der Waals surface area contributed by atoms with Crippen LogP contribution in [0.1, 0.15) is 5.56 Å². The number of halogens is 2. The summed E-state index contributed by atoms with van der Waals surface area (Å²) in [7, 11) is -3.27. The highest BCUT2D eigenvalue weighted by molar-refractivity contribution is 9.10. The van der Waals surface area contributed by atoms with E-state index in [2.05, 4.69) is 26.0 Å². The highest BCUT2D eigenvalue weighted by Crippen LogP contribution is 2.20. The number of nitrogens with one attached hydrogen (secondary N) is 2. The van der Waals surface area contributed by atoms with E-state index in [1.807, 2.05) is 0 Å². The van der Waals surface area contributed by atoms with Crippen LogP contribution in [0.15, 0.2) is 46.9 Å². The van der Waals surface area contributed by atoms with Gasteiger partial charge in [-0.1, -0.05) is 15.9 Å². The van der Waals surface area contributed by atoms with E-state index in [1.54, 1.807) is 30.3 Å². The average molecular weight is 373 g/mol. The standard InChI is InChI=1S/C14H14BrFN2O2S/c1-21(19,20)18-13-5-3-12(4-6-13)17-9-10-8-11(16)2-7-14(10)15/h2-8,17-18H,9H2,1H3. The van der Waals surface area contributed by atoms with Gasteiger partial charge in [-0.05, 0) is 48.0 Å². The second-order valence-corrected chi connectivity index (χ2v) is 7.14. The first kappa shape index (κ1) is 15.8. The fraction of sp³-hybridized carbons (Fsp3) is 0.143. The van der Waals surface area contributed by atoms with Crippen LogP contribution in [0.25, 0.3) is 0 Å². The first-order chi connectivity index (χ1) is 9.83. The maximum absolute atomic E-state index is 13.2. The molecule has 0 atom stereocenters. The molecule has 0 spiro atoms. The van der Waals surface area contributed by atoms with Crippen LogP contribution in [0.2, 0.25) is 0 Å². The molecule has 0 aliphatic heterocycles. The summed E-state index contributed by atoms with van der Waals surface area (Å²) in [6, 6.07) is 11.3. The third-order valence-electron chi connectivity index (χ3n) is 2.68. The van der Waals surface area contributed by atoms with Crippen molar-refractivity contribution in [2.75, 3.05) is 16.3 Å². The van der Waals surface area contributed by atoms with Gasteiger partial charge < -0.3 is 5.32 Å². The molecular weight excluding hydrogens is 359 g/mol. The summed E-state index contributed by atoms with van der Waals surface area (Å²) in [6.45, 7) is 0.456. The Hall–Kier alpha value is -1.60. The van der Waals surface area contributed by atoms with Gasteiger partial charge in [-0.3, -0.25) is 4.72 Å². The van der Waals surface area contributed by atoms with E-state index in [0.29, 0.717) is 12.2 Å². The van der Waals surface area contributed by atoms with E-state index in [4.69, 9.17) is 0 Å². The molecule has 2 N–H and O–H groups in total. The van der Waals surface area contributed by atoms with Gasteiger partial charge in [0.1, 0.15) is 5.82 Å². The molecule has 0 saturated heterocycles. The van der Waals surface area contributed by atoms with Gasteiger partial charge in [0, 0.05) is 22.4 Å². The number of sulfonamides is 1. The van der Waals surface area contributed by atoms with Crippen molar-refractivity contribution in [1.29, 1.82) is 0 Å². The van der Waals surface area contributed by atoms with E-state index in [0.717, 1.165) is 22.0 Å². The Balaban J connectivity index is 2.02. The lowest BCUT2D eigenvalue weighted by Crippen LogP contribution is -2.09. The molecule has 0 saturated carbocycles. The Bertz CT molecular complexity index is 733. The minimum absolute atomic E-state index is 0.289. The van der Waals surface area contributed by atoms with Gasteiger partial charge in [-0.2, -0.15) is 0 Å². The maximum atomic E-state index is 13.2. The SMILES string of the molecule is CS(=O)(=O)Nc1ccc(NCc2cc(F)ccc2Br)cc1. The predicted octanol–water partition coefficient (Wildman–Crippen LogP) is 3.57. The van der Waals surface area contributed by atoms with E-state index in [1.165, 1.54) is 12.1 Å². The van der Waals surface area contributed by atoms with Crippen molar-refractivity contribution in [1.82, 2.24) is 0 Å². The average Bonchev–Trinajstić information content (AvgIpc) is 2.40. The van der Waals surface area contributed by atoms with Crippen LogP contribution in [-0.4, -0.2) is 14.7 Å². The molecule has 2 aromatic carbocycles. The Labute approximate surface area is 131 Å². The molecule has 2 aromatic rings. The van der Waals surface area contributed by atoms with Gasteiger partial charge in [0.05, 0.1) is 6.26 Å². The molecule has 0 aliphatic rings. The van der Waals surface area contributed by atoms with E-state index >= 15 is 0 Å². The van der Waals surface area contributed by atoms with Crippen molar-refractivity contribution in [3.63, 3.8) is 0 Å². The highest BCUT2D eigenvalue weighted by Gasteiger charge is 2.03. The van der Waals surface area contributed by atoms with Gasteiger partial charge in [-0.15, -0.1) is 0 Å². The summed E-state index contributed by atoms with van der Waals surface area (Å²) < 4.78 is 38.6. The van der Waals surface area contributed by atoms with E-state index in [-0.39, 0.29) is 5.82 Å². The molecule has 0 heterocycles. The van der Waals surface area contributed by atoms with Gasteiger partial charge in [0.25, 0.3) is 0 Å². The van der Waals surface area contributed by atoms with E-state index in [9.17, 15) is 12.8 Å². The Morgan fingerprint density at radius 1 is 1.10 bits per heavy atom. The Kier molecular flexibility index (Phi) is 4.84. The molecule has 112 valence electrons. The number of rotatable bonds is 5. The van der Waals surface area contributed by atoms with Crippen LogP contribution in [0.5, 0.6) is 0 Å². The minimum atomic E-state index is -3.27. The predicted molar refractivity (Wildman–Crippen MR) is 86.3 cm³/mol. The number of hydrogen-bond donors (Lipinski definition) is 2. The largest absolute Gasteiger partial charge is 0.381 e. The summed E-state index contributed by atoms with van der Waals surface area (Å²) in [6.07, 6.45) is 1.10. The van der Waals surface area contributed by atoms with Crippen LogP contribution in [0.4, 0.5) is 15.8 Å². The van der Waals surface area contributed by atoms with Crippen molar-refractivity contribution in [3.05, 3.63) is 58.3 Å². The number of benzene rings is 2.